The molecular weight excluding hydrogens is 324 g/mol. The molecule has 0 unspecified atom stereocenters. The Kier molecular flexibility index (Phi) is 5.95. The molecule has 6 nitrogen and oxygen atoms in total. The van der Waals surface area contributed by atoms with Gasteiger partial charge >= 0.3 is 11.9 Å². The number of aldehydes is 1. The standard InChI is InChI=1S/C19H24O6/c1-10(2)18(22)25-17-13(9-20)7-5-6-11(3)8-14-15(16(17)21)12(4)19(23)24-14/h7-10,14-17,21H,4-6H2,1-3H3/b11-8+,13-7+/t14-,15+,16+,17-/m1/s1. The predicted octanol–water partition coefficient (Wildman–Crippen LogP) is 1.88. The molecule has 0 saturated carbocycles. The second-order valence-electron chi connectivity index (χ2n) is 6.80. The zero-order valence-electron chi connectivity index (χ0n) is 14.7. The number of fused-ring (bicyclic) bond motifs is 1. The summed E-state index contributed by atoms with van der Waals surface area (Å²) in [6.07, 6.45) is 2.05. The molecule has 25 heavy (non-hydrogen) atoms. The van der Waals surface area contributed by atoms with Crippen molar-refractivity contribution >= 4 is 18.2 Å². The maximum Gasteiger partial charge on any atom is 0.334 e. The molecular formula is C19H24O6. The van der Waals surface area contributed by atoms with Crippen LogP contribution in [0.2, 0.25) is 0 Å². The molecule has 0 radical (unpaired) electrons. The molecule has 4 atom stereocenters. The number of allylic oxidation sites excluding steroid dienone is 2. The molecule has 2 aliphatic rings. The molecule has 1 heterocycles. The van der Waals surface area contributed by atoms with Gasteiger partial charge in [0.1, 0.15) is 18.5 Å². The monoisotopic (exact) mass is 348 g/mol. The number of carbonyl (C=O) groups is 3. The molecule has 0 aromatic rings. The van der Waals surface area contributed by atoms with Gasteiger partial charge in [-0.05, 0) is 25.8 Å². The Bertz CT molecular complexity index is 642. The molecule has 0 bridgehead atoms. The van der Waals surface area contributed by atoms with E-state index in [-0.39, 0.29) is 11.1 Å². The number of hydrogen-bond donors (Lipinski definition) is 1. The lowest BCUT2D eigenvalue weighted by molar-refractivity contribution is -0.158. The van der Waals surface area contributed by atoms with Crippen LogP contribution in [0.15, 0.2) is 35.5 Å². The van der Waals surface area contributed by atoms with Gasteiger partial charge in [-0.3, -0.25) is 9.59 Å². The van der Waals surface area contributed by atoms with Crippen LogP contribution < -0.4 is 0 Å². The van der Waals surface area contributed by atoms with Crippen LogP contribution in [0, 0.1) is 11.8 Å². The fourth-order valence-corrected chi connectivity index (χ4v) is 2.99. The van der Waals surface area contributed by atoms with Crippen LogP contribution in [0.25, 0.3) is 0 Å². The SMILES string of the molecule is C=C1C(=O)O[C@@H]2/C=C(\C)CC/C=C(\C=O)[C@@H](OC(=O)C(C)C)[C@@H](O)[C@@H]12. The van der Waals surface area contributed by atoms with E-state index in [1.54, 1.807) is 26.0 Å². The van der Waals surface area contributed by atoms with Crippen molar-refractivity contribution in [1.29, 1.82) is 0 Å². The number of carbonyl (C=O) groups excluding carboxylic acids is 3. The first-order valence-electron chi connectivity index (χ1n) is 8.37. The van der Waals surface area contributed by atoms with Crippen LogP contribution in [0.4, 0.5) is 0 Å². The lowest BCUT2D eigenvalue weighted by atomic mass is 9.84. The van der Waals surface area contributed by atoms with Gasteiger partial charge in [0.15, 0.2) is 6.10 Å². The Balaban J connectivity index is 2.46. The first-order chi connectivity index (χ1) is 11.8. The van der Waals surface area contributed by atoms with Gasteiger partial charge in [0, 0.05) is 11.1 Å². The van der Waals surface area contributed by atoms with E-state index in [4.69, 9.17) is 9.47 Å². The van der Waals surface area contributed by atoms with Crippen LogP contribution in [0.5, 0.6) is 0 Å². The maximum atomic E-state index is 12.1. The first-order valence-corrected chi connectivity index (χ1v) is 8.37. The van der Waals surface area contributed by atoms with Crippen molar-refractivity contribution in [3.63, 3.8) is 0 Å². The highest BCUT2D eigenvalue weighted by molar-refractivity contribution is 5.91. The van der Waals surface area contributed by atoms with Crippen LogP contribution in [0.3, 0.4) is 0 Å². The molecule has 1 saturated heterocycles. The summed E-state index contributed by atoms with van der Waals surface area (Å²) in [7, 11) is 0. The molecule has 1 fully saturated rings. The van der Waals surface area contributed by atoms with Crippen molar-refractivity contribution in [1.82, 2.24) is 0 Å². The highest BCUT2D eigenvalue weighted by Gasteiger charge is 2.46. The fraction of sp³-hybridized carbons (Fsp3) is 0.526. The predicted molar refractivity (Wildman–Crippen MR) is 90.4 cm³/mol. The molecule has 0 aromatic carbocycles. The molecule has 2 rings (SSSR count). The molecule has 0 aromatic heterocycles. The second-order valence-corrected chi connectivity index (χ2v) is 6.80. The summed E-state index contributed by atoms with van der Waals surface area (Å²) >= 11 is 0. The zero-order valence-corrected chi connectivity index (χ0v) is 14.7. The Morgan fingerprint density at radius 1 is 1.48 bits per heavy atom. The highest BCUT2D eigenvalue weighted by atomic mass is 16.6. The van der Waals surface area contributed by atoms with E-state index < -0.39 is 42.1 Å². The minimum Gasteiger partial charge on any atom is -0.454 e. The molecule has 0 amide bonds. The van der Waals surface area contributed by atoms with Crippen molar-refractivity contribution in [3.05, 3.63) is 35.5 Å². The quantitative estimate of drug-likeness (QED) is 0.362. The number of aliphatic hydroxyl groups is 1. The third-order valence-electron chi connectivity index (χ3n) is 4.49. The van der Waals surface area contributed by atoms with Gasteiger partial charge in [0.05, 0.1) is 11.8 Å². The average Bonchev–Trinajstić information content (AvgIpc) is 2.82. The number of esters is 2. The zero-order chi connectivity index (χ0) is 18.7. The van der Waals surface area contributed by atoms with E-state index in [2.05, 4.69) is 6.58 Å². The average molecular weight is 348 g/mol. The summed E-state index contributed by atoms with van der Waals surface area (Å²) < 4.78 is 10.7. The minimum absolute atomic E-state index is 0.109. The Hall–Kier alpha value is -2.21. The van der Waals surface area contributed by atoms with Crippen LogP contribution in [-0.4, -0.2) is 41.6 Å². The van der Waals surface area contributed by atoms with Crippen molar-refractivity contribution in [2.24, 2.45) is 11.8 Å². The highest BCUT2D eigenvalue weighted by Crippen LogP contribution is 2.35. The smallest absolute Gasteiger partial charge is 0.334 e. The van der Waals surface area contributed by atoms with E-state index in [9.17, 15) is 19.5 Å². The summed E-state index contributed by atoms with van der Waals surface area (Å²) in [5.41, 5.74) is 1.27. The van der Waals surface area contributed by atoms with Crippen molar-refractivity contribution in [2.75, 3.05) is 0 Å². The molecule has 136 valence electrons. The van der Waals surface area contributed by atoms with E-state index >= 15 is 0 Å². The first kappa shape index (κ1) is 19.1. The summed E-state index contributed by atoms with van der Waals surface area (Å²) in [6, 6.07) is 0. The Morgan fingerprint density at radius 3 is 2.76 bits per heavy atom. The van der Waals surface area contributed by atoms with E-state index in [0.29, 0.717) is 19.1 Å². The van der Waals surface area contributed by atoms with E-state index in [1.165, 1.54) is 0 Å². The molecule has 1 aliphatic heterocycles. The normalized spacial score (nSPS) is 34.3. The Labute approximate surface area is 147 Å². The van der Waals surface area contributed by atoms with Gasteiger partial charge in [0.2, 0.25) is 0 Å². The van der Waals surface area contributed by atoms with Gasteiger partial charge in [-0.2, -0.15) is 0 Å². The van der Waals surface area contributed by atoms with Crippen LogP contribution in [0.1, 0.15) is 33.6 Å². The number of ether oxygens (including phenoxy) is 2. The number of aliphatic hydroxyl groups excluding tert-OH is 1. The van der Waals surface area contributed by atoms with Gasteiger partial charge in [-0.25, -0.2) is 4.79 Å². The summed E-state index contributed by atoms with van der Waals surface area (Å²) in [5, 5.41) is 10.9. The molecule has 6 heteroatoms. The number of hydrogen-bond acceptors (Lipinski definition) is 6. The van der Waals surface area contributed by atoms with E-state index in [1.807, 2.05) is 6.92 Å². The minimum atomic E-state index is -1.31. The van der Waals surface area contributed by atoms with Crippen LogP contribution in [-0.2, 0) is 23.9 Å². The summed E-state index contributed by atoms with van der Waals surface area (Å²) in [5.74, 6) is -2.33. The third-order valence-corrected chi connectivity index (χ3v) is 4.49. The van der Waals surface area contributed by atoms with Gasteiger partial charge in [0.25, 0.3) is 0 Å². The van der Waals surface area contributed by atoms with Crippen molar-refractivity contribution < 1.29 is 29.0 Å². The third kappa shape index (κ3) is 4.07. The van der Waals surface area contributed by atoms with Crippen LogP contribution >= 0.6 is 0 Å². The van der Waals surface area contributed by atoms with Gasteiger partial charge < -0.3 is 14.6 Å². The summed E-state index contributed by atoms with van der Waals surface area (Å²) in [6.45, 7) is 8.93. The van der Waals surface area contributed by atoms with E-state index in [0.717, 1.165) is 5.57 Å². The number of rotatable bonds is 3. The molecule has 1 aliphatic carbocycles. The van der Waals surface area contributed by atoms with Gasteiger partial charge in [-0.1, -0.05) is 32.1 Å². The van der Waals surface area contributed by atoms with Crippen molar-refractivity contribution in [2.45, 2.75) is 51.9 Å². The topological polar surface area (TPSA) is 89.9 Å². The Morgan fingerprint density at radius 2 is 2.16 bits per heavy atom. The second kappa shape index (κ2) is 7.78. The summed E-state index contributed by atoms with van der Waals surface area (Å²) in [4.78, 5) is 35.5. The van der Waals surface area contributed by atoms with Crippen molar-refractivity contribution in [3.8, 4) is 0 Å². The van der Waals surface area contributed by atoms with Gasteiger partial charge in [-0.15, -0.1) is 0 Å². The largest absolute Gasteiger partial charge is 0.454 e. The fourth-order valence-electron chi connectivity index (χ4n) is 2.99. The lowest BCUT2D eigenvalue weighted by Gasteiger charge is -2.30. The molecule has 0 spiro atoms. The molecule has 1 N–H and O–H groups in total. The maximum absolute atomic E-state index is 12.1. The lowest BCUT2D eigenvalue weighted by Crippen LogP contribution is -2.42.